The fraction of sp³-hybridized carbons (Fsp3) is 0.429. The second kappa shape index (κ2) is 9.05. The average Bonchev–Trinajstić information content (AvgIpc) is 3.01. The van der Waals surface area contributed by atoms with Crippen molar-refractivity contribution in [1.29, 1.82) is 0 Å². The number of hydrogen-bond donors (Lipinski definition) is 1. The van der Waals surface area contributed by atoms with Crippen LogP contribution >= 0.6 is 0 Å². The number of nitrogens with zero attached hydrogens (tertiary/aromatic N) is 1. The second-order valence-electron chi connectivity index (χ2n) is 10.6. The van der Waals surface area contributed by atoms with Crippen molar-refractivity contribution in [3.8, 4) is 5.75 Å². The largest absolute Gasteiger partial charge is 0.503 e. The van der Waals surface area contributed by atoms with Gasteiger partial charge in [-0.1, -0.05) is 78.8 Å². The number of ether oxygens (including phenoxy) is 1. The highest BCUT2D eigenvalue weighted by atomic mass is 16.5. The summed E-state index contributed by atoms with van der Waals surface area (Å²) < 4.78 is 5.76. The van der Waals surface area contributed by atoms with Gasteiger partial charge >= 0.3 is 0 Å². The van der Waals surface area contributed by atoms with Crippen molar-refractivity contribution in [3.63, 3.8) is 0 Å². The van der Waals surface area contributed by atoms with Gasteiger partial charge in [-0.3, -0.25) is 14.5 Å². The standard InChI is InChI=1S/C28H35NO4/c1-8-16-33-21-11-9-10-20(17-21)29-23(18-12-14-19(15-13-18)27(2,3)4)22(24(30)26(29)32)25(31)28(5,6)7/h9-15,17,23,30H,8,16H2,1-7H3. The number of aliphatic hydroxyl groups is 1. The molecule has 1 aliphatic rings. The summed E-state index contributed by atoms with van der Waals surface area (Å²) >= 11 is 0. The molecule has 1 N–H and O–H groups in total. The molecule has 176 valence electrons. The highest BCUT2D eigenvalue weighted by molar-refractivity contribution is 6.17. The van der Waals surface area contributed by atoms with Crippen LogP contribution < -0.4 is 9.64 Å². The molecule has 1 unspecified atom stereocenters. The Morgan fingerprint density at radius 1 is 1.03 bits per heavy atom. The molecule has 0 aliphatic carbocycles. The number of carbonyl (C=O) groups is 2. The highest BCUT2D eigenvalue weighted by Gasteiger charge is 2.46. The molecule has 0 bridgehead atoms. The molecule has 0 saturated carbocycles. The van der Waals surface area contributed by atoms with Crippen molar-refractivity contribution in [2.24, 2.45) is 5.41 Å². The van der Waals surface area contributed by atoms with Crippen LogP contribution in [0.3, 0.4) is 0 Å². The van der Waals surface area contributed by atoms with Gasteiger partial charge in [0.25, 0.3) is 5.91 Å². The molecule has 5 heteroatoms. The van der Waals surface area contributed by atoms with Gasteiger partial charge in [-0.25, -0.2) is 0 Å². The number of benzene rings is 2. The van der Waals surface area contributed by atoms with E-state index < -0.39 is 23.1 Å². The van der Waals surface area contributed by atoms with Crippen molar-refractivity contribution in [3.05, 3.63) is 71.0 Å². The van der Waals surface area contributed by atoms with Gasteiger partial charge in [-0.15, -0.1) is 0 Å². The van der Waals surface area contributed by atoms with Crippen LogP contribution in [-0.2, 0) is 15.0 Å². The number of anilines is 1. The number of aliphatic hydroxyl groups excluding tert-OH is 1. The molecular weight excluding hydrogens is 414 g/mol. The van der Waals surface area contributed by atoms with Gasteiger partial charge in [0.05, 0.1) is 18.2 Å². The molecule has 1 amide bonds. The molecule has 1 atom stereocenters. The Bertz CT molecular complexity index is 1070. The van der Waals surface area contributed by atoms with E-state index in [1.54, 1.807) is 32.9 Å². The highest BCUT2D eigenvalue weighted by Crippen LogP contribution is 2.44. The van der Waals surface area contributed by atoms with Gasteiger partial charge < -0.3 is 9.84 Å². The Hall–Kier alpha value is -3.08. The van der Waals surface area contributed by atoms with Gasteiger partial charge in [-0.2, -0.15) is 0 Å². The van der Waals surface area contributed by atoms with Gasteiger partial charge in [0.2, 0.25) is 0 Å². The quantitative estimate of drug-likeness (QED) is 0.563. The molecule has 0 radical (unpaired) electrons. The lowest BCUT2D eigenvalue weighted by atomic mass is 9.81. The lowest BCUT2D eigenvalue weighted by Crippen LogP contribution is -2.32. The van der Waals surface area contributed by atoms with Crippen LogP contribution in [0.15, 0.2) is 59.9 Å². The van der Waals surface area contributed by atoms with E-state index in [0.29, 0.717) is 18.0 Å². The summed E-state index contributed by atoms with van der Waals surface area (Å²) in [6.07, 6.45) is 0.863. The SMILES string of the molecule is CCCOc1cccc(N2C(=O)C(O)=C(C(=O)C(C)(C)C)C2c2ccc(C(C)(C)C)cc2)c1. The molecule has 0 spiro atoms. The normalized spacial score (nSPS) is 17.0. The van der Waals surface area contributed by atoms with Gasteiger partial charge in [0.1, 0.15) is 5.75 Å². The predicted octanol–water partition coefficient (Wildman–Crippen LogP) is 6.29. The van der Waals surface area contributed by atoms with Crippen LogP contribution in [0.25, 0.3) is 0 Å². The predicted molar refractivity (Wildman–Crippen MR) is 132 cm³/mol. The van der Waals surface area contributed by atoms with Crippen LogP contribution in [0.1, 0.15) is 72.1 Å². The van der Waals surface area contributed by atoms with Crippen LogP contribution in [0, 0.1) is 5.41 Å². The van der Waals surface area contributed by atoms with Gasteiger partial charge in [0, 0.05) is 17.2 Å². The summed E-state index contributed by atoms with van der Waals surface area (Å²) in [6.45, 7) is 14.4. The second-order valence-corrected chi connectivity index (χ2v) is 10.6. The summed E-state index contributed by atoms with van der Waals surface area (Å²) in [5.74, 6) is -0.682. The lowest BCUT2D eigenvalue weighted by Gasteiger charge is -2.29. The van der Waals surface area contributed by atoms with E-state index >= 15 is 0 Å². The smallest absolute Gasteiger partial charge is 0.294 e. The third kappa shape index (κ3) is 4.97. The third-order valence-electron chi connectivity index (χ3n) is 5.80. The number of rotatable bonds is 6. The topological polar surface area (TPSA) is 66.8 Å². The van der Waals surface area contributed by atoms with E-state index in [0.717, 1.165) is 17.5 Å². The summed E-state index contributed by atoms with van der Waals surface area (Å²) in [7, 11) is 0. The van der Waals surface area contributed by atoms with Crippen molar-refractivity contribution in [2.75, 3.05) is 11.5 Å². The van der Waals surface area contributed by atoms with Crippen molar-refractivity contribution >= 4 is 17.4 Å². The first-order chi connectivity index (χ1) is 15.4. The number of Topliss-reactive ketones (excluding diaryl/α,β-unsaturated/α-hetero) is 1. The van der Waals surface area contributed by atoms with Crippen LogP contribution in [0.4, 0.5) is 5.69 Å². The fourth-order valence-electron chi connectivity index (χ4n) is 3.93. The maximum absolute atomic E-state index is 13.4. The summed E-state index contributed by atoms with van der Waals surface area (Å²) in [6, 6.07) is 14.4. The minimum Gasteiger partial charge on any atom is -0.503 e. The monoisotopic (exact) mass is 449 g/mol. The Balaban J connectivity index is 2.15. The van der Waals surface area contributed by atoms with Crippen molar-refractivity contribution in [1.82, 2.24) is 0 Å². The lowest BCUT2D eigenvalue weighted by molar-refractivity contribution is -0.123. The summed E-state index contributed by atoms with van der Waals surface area (Å²) in [5.41, 5.74) is 1.84. The van der Waals surface area contributed by atoms with E-state index in [1.165, 1.54) is 4.90 Å². The van der Waals surface area contributed by atoms with Gasteiger partial charge in [0.15, 0.2) is 11.5 Å². The van der Waals surface area contributed by atoms with Crippen LogP contribution in [-0.4, -0.2) is 23.4 Å². The number of hydrogen-bond acceptors (Lipinski definition) is 4. The zero-order valence-corrected chi connectivity index (χ0v) is 20.7. The van der Waals surface area contributed by atoms with Crippen LogP contribution in [0.5, 0.6) is 5.75 Å². The van der Waals surface area contributed by atoms with Gasteiger partial charge in [-0.05, 0) is 35.1 Å². The first-order valence-corrected chi connectivity index (χ1v) is 11.5. The van der Waals surface area contributed by atoms with E-state index in [9.17, 15) is 14.7 Å². The Labute approximate surface area is 197 Å². The van der Waals surface area contributed by atoms with Crippen molar-refractivity contribution < 1.29 is 19.4 Å². The first kappa shape index (κ1) is 24.6. The molecule has 33 heavy (non-hydrogen) atoms. The molecular formula is C28H35NO4. The number of ketones is 1. The molecule has 2 aromatic carbocycles. The minimum atomic E-state index is -0.755. The van der Waals surface area contributed by atoms with E-state index in [-0.39, 0.29) is 16.8 Å². The maximum Gasteiger partial charge on any atom is 0.294 e. The Morgan fingerprint density at radius 2 is 1.67 bits per heavy atom. The fourth-order valence-corrected chi connectivity index (χ4v) is 3.93. The van der Waals surface area contributed by atoms with Crippen LogP contribution in [0.2, 0.25) is 0 Å². The molecule has 1 aliphatic heterocycles. The van der Waals surface area contributed by atoms with Crippen molar-refractivity contribution in [2.45, 2.75) is 66.3 Å². The Morgan fingerprint density at radius 3 is 2.21 bits per heavy atom. The molecule has 1 heterocycles. The molecule has 5 nitrogen and oxygen atoms in total. The average molecular weight is 450 g/mol. The Kier molecular flexibility index (Phi) is 6.73. The van der Waals surface area contributed by atoms with E-state index in [4.69, 9.17) is 4.74 Å². The third-order valence-corrected chi connectivity index (χ3v) is 5.80. The number of amides is 1. The molecule has 3 rings (SSSR count). The van der Waals surface area contributed by atoms with E-state index in [2.05, 4.69) is 20.8 Å². The molecule has 0 saturated heterocycles. The first-order valence-electron chi connectivity index (χ1n) is 11.5. The van der Waals surface area contributed by atoms with E-state index in [1.807, 2.05) is 43.3 Å². The molecule has 0 fully saturated rings. The maximum atomic E-state index is 13.4. The molecule has 0 aromatic heterocycles. The number of carbonyl (C=O) groups excluding carboxylic acids is 2. The zero-order valence-electron chi connectivity index (χ0n) is 20.7. The summed E-state index contributed by atoms with van der Waals surface area (Å²) in [4.78, 5) is 28.2. The molecule has 2 aromatic rings. The minimum absolute atomic E-state index is 0.0311. The zero-order chi connectivity index (χ0) is 24.6. The summed E-state index contributed by atoms with van der Waals surface area (Å²) in [5, 5.41) is 10.9.